The van der Waals surface area contributed by atoms with E-state index in [4.69, 9.17) is 5.73 Å². The molecule has 1 heterocycles. The molecule has 0 bridgehead atoms. The first-order chi connectivity index (χ1) is 9.56. The standard InChI is InChI=1S/C16H26N4.HI/c1-12(2)19-16(17)18-10-13(3)20-9-8-14-6-4-5-7-15(14)11-20;/h4-7,12-13H,8-11H2,1-3H3,(H3,17,18,19);1H. The van der Waals surface area contributed by atoms with Crippen molar-refractivity contribution in [2.45, 2.75) is 45.8 Å². The quantitative estimate of drug-likeness (QED) is 0.462. The number of nitrogens with zero attached hydrogens (tertiary/aromatic N) is 2. The Morgan fingerprint density at radius 2 is 1.95 bits per heavy atom. The minimum absolute atomic E-state index is 0. The van der Waals surface area contributed by atoms with Gasteiger partial charge in [-0.3, -0.25) is 9.89 Å². The lowest BCUT2D eigenvalue weighted by Crippen LogP contribution is -2.41. The van der Waals surface area contributed by atoms with Crippen LogP contribution in [-0.2, 0) is 13.0 Å². The van der Waals surface area contributed by atoms with Crippen molar-refractivity contribution >= 4 is 29.9 Å². The zero-order chi connectivity index (χ0) is 14.5. The van der Waals surface area contributed by atoms with Crippen LogP contribution >= 0.6 is 24.0 Å². The average Bonchev–Trinajstić information content (AvgIpc) is 2.43. The summed E-state index contributed by atoms with van der Waals surface area (Å²) < 4.78 is 0. The molecule has 1 aromatic carbocycles. The van der Waals surface area contributed by atoms with E-state index in [1.807, 2.05) is 0 Å². The zero-order valence-electron chi connectivity index (χ0n) is 13.2. The molecule has 0 amide bonds. The fourth-order valence-electron chi connectivity index (χ4n) is 2.58. The molecule has 0 saturated heterocycles. The molecule has 118 valence electrons. The van der Waals surface area contributed by atoms with E-state index in [0.29, 0.717) is 18.0 Å². The summed E-state index contributed by atoms with van der Waals surface area (Å²) in [5.74, 6) is 0.546. The Kier molecular flexibility index (Phi) is 7.45. The molecule has 1 aliphatic rings. The molecule has 0 spiro atoms. The summed E-state index contributed by atoms with van der Waals surface area (Å²) in [4.78, 5) is 6.92. The molecule has 0 aromatic heterocycles. The molecular weight excluding hydrogens is 375 g/mol. The van der Waals surface area contributed by atoms with Crippen LogP contribution in [0.25, 0.3) is 0 Å². The number of guanidine groups is 1. The Morgan fingerprint density at radius 1 is 1.29 bits per heavy atom. The number of aliphatic imine (C=N–C) groups is 1. The van der Waals surface area contributed by atoms with Crippen LogP contribution in [0.1, 0.15) is 31.9 Å². The summed E-state index contributed by atoms with van der Waals surface area (Å²) in [6, 6.07) is 9.45. The molecule has 21 heavy (non-hydrogen) atoms. The lowest BCUT2D eigenvalue weighted by atomic mass is 9.99. The second kappa shape index (κ2) is 8.58. The third-order valence-corrected chi connectivity index (χ3v) is 3.75. The van der Waals surface area contributed by atoms with Gasteiger partial charge in [0.2, 0.25) is 0 Å². The SMILES string of the molecule is CC(C)NC(N)=NCC(C)N1CCc2ccccc2C1.I. The molecule has 0 radical (unpaired) electrons. The van der Waals surface area contributed by atoms with Gasteiger partial charge in [0.15, 0.2) is 5.96 Å². The van der Waals surface area contributed by atoms with Gasteiger partial charge in [0.05, 0.1) is 6.54 Å². The van der Waals surface area contributed by atoms with E-state index in [1.165, 1.54) is 11.1 Å². The Bertz CT molecular complexity index is 473. The van der Waals surface area contributed by atoms with Gasteiger partial charge in [-0.15, -0.1) is 24.0 Å². The zero-order valence-corrected chi connectivity index (χ0v) is 15.5. The van der Waals surface area contributed by atoms with Crippen LogP contribution in [0.3, 0.4) is 0 Å². The summed E-state index contributed by atoms with van der Waals surface area (Å²) in [7, 11) is 0. The second-order valence-electron chi connectivity index (χ2n) is 5.86. The van der Waals surface area contributed by atoms with Crippen molar-refractivity contribution in [3.05, 3.63) is 35.4 Å². The minimum atomic E-state index is 0. The van der Waals surface area contributed by atoms with Gasteiger partial charge < -0.3 is 11.1 Å². The molecule has 1 aliphatic heterocycles. The summed E-state index contributed by atoms with van der Waals surface area (Å²) in [5.41, 5.74) is 8.78. The van der Waals surface area contributed by atoms with Crippen molar-refractivity contribution in [3.8, 4) is 0 Å². The van der Waals surface area contributed by atoms with E-state index in [2.05, 4.69) is 60.2 Å². The monoisotopic (exact) mass is 402 g/mol. The van der Waals surface area contributed by atoms with Crippen LogP contribution in [0, 0.1) is 0 Å². The van der Waals surface area contributed by atoms with Crippen LogP contribution in [0.4, 0.5) is 0 Å². The fourth-order valence-corrected chi connectivity index (χ4v) is 2.58. The lowest BCUT2D eigenvalue weighted by molar-refractivity contribution is 0.195. The molecule has 0 aliphatic carbocycles. The number of fused-ring (bicyclic) bond motifs is 1. The number of hydrogen-bond acceptors (Lipinski definition) is 2. The van der Waals surface area contributed by atoms with Crippen LogP contribution < -0.4 is 11.1 Å². The first kappa shape index (κ1) is 18.2. The topological polar surface area (TPSA) is 53.6 Å². The average molecular weight is 402 g/mol. The maximum absolute atomic E-state index is 5.85. The smallest absolute Gasteiger partial charge is 0.188 e. The summed E-state index contributed by atoms with van der Waals surface area (Å²) in [6.07, 6.45) is 1.13. The van der Waals surface area contributed by atoms with Gasteiger partial charge in [-0.2, -0.15) is 0 Å². The van der Waals surface area contributed by atoms with Gasteiger partial charge in [-0.25, -0.2) is 0 Å². The molecule has 4 nitrogen and oxygen atoms in total. The number of hydrogen-bond donors (Lipinski definition) is 2. The maximum Gasteiger partial charge on any atom is 0.188 e. The van der Waals surface area contributed by atoms with Gasteiger partial charge in [0.25, 0.3) is 0 Å². The molecule has 1 unspecified atom stereocenters. The fraction of sp³-hybridized carbons (Fsp3) is 0.562. The van der Waals surface area contributed by atoms with Crippen LogP contribution in [-0.4, -0.2) is 36.0 Å². The number of nitrogens with two attached hydrogens (primary N) is 1. The number of nitrogens with one attached hydrogen (secondary N) is 1. The van der Waals surface area contributed by atoms with Crippen molar-refractivity contribution in [1.82, 2.24) is 10.2 Å². The first-order valence-electron chi connectivity index (χ1n) is 7.43. The predicted octanol–water partition coefficient (Wildman–Crippen LogP) is 2.36. The van der Waals surface area contributed by atoms with E-state index in [9.17, 15) is 0 Å². The Hall–Kier alpha value is -0.820. The van der Waals surface area contributed by atoms with Gasteiger partial charge in [0, 0.05) is 25.2 Å². The lowest BCUT2D eigenvalue weighted by Gasteiger charge is -2.33. The molecule has 3 N–H and O–H groups in total. The normalized spacial score (nSPS) is 17.0. The van der Waals surface area contributed by atoms with Crippen LogP contribution in [0.5, 0.6) is 0 Å². The molecule has 0 fully saturated rings. The highest BCUT2D eigenvalue weighted by Crippen LogP contribution is 2.20. The highest BCUT2D eigenvalue weighted by atomic mass is 127. The number of rotatable bonds is 4. The number of halogens is 1. The van der Waals surface area contributed by atoms with Crippen LogP contribution in [0.2, 0.25) is 0 Å². The summed E-state index contributed by atoms with van der Waals surface area (Å²) in [6.45, 7) is 9.21. The third-order valence-electron chi connectivity index (χ3n) is 3.75. The van der Waals surface area contributed by atoms with Crippen molar-refractivity contribution in [3.63, 3.8) is 0 Å². The minimum Gasteiger partial charge on any atom is -0.370 e. The Balaban J connectivity index is 0.00000220. The molecule has 1 aromatic rings. The van der Waals surface area contributed by atoms with Gasteiger partial charge in [-0.05, 0) is 38.3 Å². The maximum atomic E-state index is 5.85. The van der Waals surface area contributed by atoms with Crippen molar-refractivity contribution in [2.75, 3.05) is 13.1 Å². The molecular formula is C16H27IN4. The number of benzene rings is 1. The van der Waals surface area contributed by atoms with E-state index < -0.39 is 0 Å². The third kappa shape index (κ3) is 5.47. The molecule has 5 heteroatoms. The molecule has 2 rings (SSSR count). The van der Waals surface area contributed by atoms with E-state index in [0.717, 1.165) is 26.1 Å². The highest BCUT2D eigenvalue weighted by Gasteiger charge is 2.19. The van der Waals surface area contributed by atoms with Crippen LogP contribution in [0.15, 0.2) is 29.3 Å². The molecule has 0 saturated carbocycles. The van der Waals surface area contributed by atoms with Crippen molar-refractivity contribution in [1.29, 1.82) is 0 Å². The van der Waals surface area contributed by atoms with Crippen molar-refractivity contribution < 1.29 is 0 Å². The largest absolute Gasteiger partial charge is 0.370 e. The van der Waals surface area contributed by atoms with Gasteiger partial charge in [-0.1, -0.05) is 24.3 Å². The van der Waals surface area contributed by atoms with E-state index in [1.54, 1.807) is 0 Å². The van der Waals surface area contributed by atoms with E-state index >= 15 is 0 Å². The highest BCUT2D eigenvalue weighted by molar-refractivity contribution is 14.0. The van der Waals surface area contributed by atoms with E-state index in [-0.39, 0.29) is 24.0 Å². The van der Waals surface area contributed by atoms with Gasteiger partial charge in [0.1, 0.15) is 0 Å². The summed E-state index contributed by atoms with van der Waals surface area (Å²) >= 11 is 0. The van der Waals surface area contributed by atoms with Gasteiger partial charge >= 0.3 is 0 Å². The second-order valence-corrected chi connectivity index (χ2v) is 5.86. The molecule has 1 atom stereocenters. The summed E-state index contributed by atoms with van der Waals surface area (Å²) in [5, 5.41) is 3.13. The predicted molar refractivity (Wildman–Crippen MR) is 100 cm³/mol. The Morgan fingerprint density at radius 3 is 2.62 bits per heavy atom. The Labute approximate surface area is 145 Å². The van der Waals surface area contributed by atoms with Crippen molar-refractivity contribution in [2.24, 2.45) is 10.7 Å². The first-order valence-corrected chi connectivity index (χ1v) is 7.43.